The van der Waals surface area contributed by atoms with Gasteiger partial charge in [0.15, 0.2) is 0 Å². The van der Waals surface area contributed by atoms with Crippen molar-refractivity contribution >= 4 is 44.3 Å². The highest BCUT2D eigenvalue weighted by Crippen LogP contribution is 2.51. The van der Waals surface area contributed by atoms with Crippen LogP contribution < -0.4 is 5.32 Å². The molecule has 5 aliphatic rings. The third-order valence-electron chi connectivity index (χ3n) is 10.3. The predicted octanol–water partition coefficient (Wildman–Crippen LogP) is 2.02. The number of hydrogen-bond acceptors (Lipinski definition) is 8. The van der Waals surface area contributed by atoms with Gasteiger partial charge in [0.1, 0.15) is 12.1 Å². The number of aromatic nitrogens is 1. The van der Waals surface area contributed by atoms with Gasteiger partial charge >= 0.3 is 0 Å². The molecule has 3 amide bonds. The molecule has 1 aliphatic carbocycles. The van der Waals surface area contributed by atoms with Crippen LogP contribution in [0.3, 0.4) is 0 Å². The van der Waals surface area contributed by atoms with E-state index in [1.165, 1.54) is 10.5 Å². The fourth-order valence-corrected chi connectivity index (χ4v) is 8.93. The standard InChI is InChI=1S/C32H41N5O7S/c1-17(2)27-29(39)36-12-8-11-25(36)32(44-45(6,41)42)37(27)30(40)31(43-32,18(3)4)34-28(38)20-13-22-21-9-7-10-23-26(21)19(15-33-23)14-24(22)35(5)16-20/h7,9-10,13,15,17-18,20,24-25,27,33H,8,11-12,14,16H2,1-6H3,(H,34,38)/t20-,24-,25+,27+,31-,32-/m1/s1. The van der Waals surface area contributed by atoms with Crippen molar-refractivity contribution in [3.05, 3.63) is 41.6 Å². The molecule has 5 heterocycles. The number of fused-ring (bicyclic) bond motifs is 5. The first kappa shape index (κ1) is 30.4. The summed E-state index contributed by atoms with van der Waals surface area (Å²) >= 11 is 0. The highest BCUT2D eigenvalue weighted by atomic mass is 32.2. The van der Waals surface area contributed by atoms with E-state index in [9.17, 15) is 22.8 Å². The Kier molecular flexibility index (Phi) is 6.84. The van der Waals surface area contributed by atoms with E-state index in [0.29, 0.717) is 25.9 Å². The second-order valence-corrected chi connectivity index (χ2v) is 15.5. The maximum Gasteiger partial charge on any atom is 0.294 e. The number of nitrogens with one attached hydrogen (secondary N) is 2. The van der Waals surface area contributed by atoms with Gasteiger partial charge in [-0.05, 0) is 55.0 Å². The van der Waals surface area contributed by atoms with Gasteiger partial charge in [-0.25, -0.2) is 4.18 Å². The third-order valence-corrected chi connectivity index (χ3v) is 10.8. The number of aromatic amines is 1. The number of rotatable bonds is 6. The van der Waals surface area contributed by atoms with E-state index in [4.69, 9.17) is 8.92 Å². The van der Waals surface area contributed by atoms with Gasteiger partial charge < -0.3 is 15.2 Å². The molecule has 45 heavy (non-hydrogen) atoms. The molecule has 3 saturated heterocycles. The molecule has 242 valence electrons. The monoisotopic (exact) mass is 639 g/mol. The van der Waals surface area contributed by atoms with Crippen LogP contribution in [0.4, 0.5) is 0 Å². The molecule has 0 spiro atoms. The molecule has 12 nitrogen and oxygen atoms in total. The molecule has 1 aromatic heterocycles. The highest BCUT2D eigenvalue weighted by Gasteiger charge is 2.74. The van der Waals surface area contributed by atoms with Crippen molar-refractivity contribution in [2.45, 2.75) is 76.7 Å². The minimum atomic E-state index is -4.19. The van der Waals surface area contributed by atoms with Crippen molar-refractivity contribution in [3.8, 4) is 0 Å². The Morgan fingerprint density at radius 1 is 1.20 bits per heavy atom. The number of amides is 3. The second-order valence-electron chi connectivity index (χ2n) is 13.9. The summed E-state index contributed by atoms with van der Waals surface area (Å²) in [5.41, 5.74) is 2.45. The Labute approximate surface area is 263 Å². The first-order valence-corrected chi connectivity index (χ1v) is 17.6. The van der Waals surface area contributed by atoms with Gasteiger partial charge in [-0.1, -0.05) is 45.9 Å². The Morgan fingerprint density at radius 3 is 2.64 bits per heavy atom. The van der Waals surface area contributed by atoms with Gasteiger partial charge in [0.05, 0.1) is 12.2 Å². The van der Waals surface area contributed by atoms with Crippen molar-refractivity contribution in [1.82, 2.24) is 25.0 Å². The van der Waals surface area contributed by atoms with Crippen LogP contribution in [0, 0.1) is 17.8 Å². The van der Waals surface area contributed by atoms with Crippen molar-refractivity contribution in [2.75, 3.05) is 26.4 Å². The zero-order valence-corrected chi connectivity index (χ0v) is 27.3. The van der Waals surface area contributed by atoms with Gasteiger partial charge in [-0.3, -0.25) is 28.9 Å². The zero-order valence-electron chi connectivity index (χ0n) is 26.5. The maximum atomic E-state index is 14.7. The van der Waals surface area contributed by atoms with E-state index >= 15 is 0 Å². The molecule has 2 N–H and O–H groups in total. The second kappa shape index (κ2) is 10.1. The molecular formula is C32H41N5O7S. The molecule has 3 fully saturated rings. The molecule has 1 aromatic carbocycles. The molecule has 0 unspecified atom stereocenters. The average molecular weight is 640 g/mol. The Balaban J connectivity index is 1.30. The summed E-state index contributed by atoms with van der Waals surface area (Å²) in [7, 11) is -2.19. The first-order chi connectivity index (χ1) is 21.2. The number of H-pyrrole nitrogens is 1. The van der Waals surface area contributed by atoms with E-state index in [1.54, 1.807) is 32.6 Å². The van der Waals surface area contributed by atoms with E-state index in [-0.39, 0.29) is 17.9 Å². The molecule has 13 heteroatoms. The van der Waals surface area contributed by atoms with Crippen molar-refractivity contribution in [1.29, 1.82) is 0 Å². The predicted molar refractivity (Wildman–Crippen MR) is 166 cm³/mol. The van der Waals surface area contributed by atoms with Crippen molar-refractivity contribution < 1.29 is 31.7 Å². The number of piperazine rings is 1. The van der Waals surface area contributed by atoms with E-state index in [1.807, 2.05) is 25.3 Å². The smallest absolute Gasteiger partial charge is 0.294 e. The Bertz CT molecular complexity index is 1750. The summed E-state index contributed by atoms with van der Waals surface area (Å²) in [6, 6.07) is 4.33. The number of benzene rings is 1. The van der Waals surface area contributed by atoms with Crippen LogP contribution in [0.5, 0.6) is 0 Å². The fourth-order valence-electron chi connectivity index (χ4n) is 8.27. The van der Waals surface area contributed by atoms with Gasteiger partial charge in [0.2, 0.25) is 17.5 Å². The van der Waals surface area contributed by atoms with Crippen LogP contribution >= 0.6 is 0 Å². The number of nitrogens with zero attached hydrogens (tertiary/aromatic N) is 3. The van der Waals surface area contributed by atoms with E-state index in [2.05, 4.69) is 27.5 Å². The van der Waals surface area contributed by atoms with Crippen molar-refractivity contribution in [3.63, 3.8) is 0 Å². The minimum Gasteiger partial charge on any atom is -0.361 e. The summed E-state index contributed by atoms with van der Waals surface area (Å²) in [5, 5.41) is 4.11. The van der Waals surface area contributed by atoms with Gasteiger partial charge in [0.25, 0.3) is 21.9 Å². The molecule has 0 radical (unpaired) electrons. The summed E-state index contributed by atoms with van der Waals surface area (Å²) < 4.78 is 38.0. The van der Waals surface area contributed by atoms with Gasteiger partial charge in [0, 0.05) is 42.1 Å². The molecule has 6 atom stereocenters. The average Bonchev–Trinajstić information content (AvgIpc) is 3.67. The van der Waals surface area contributed by atoms with Crippen molar-refractivity contribution in [2.24, 2.45) is 17.8 Å². The SMILES string of the molecule is CC(C)[C@H]1C(=O)N2CCC[C@H]2[C@]2(OS(C)(=O)=O)O[C@](NC(=O)[C@@H]3C=C4c5cccc6[nH]cc(c56)C[C@H]4N(C)C3)(C(C)C)C(=O)N12. The van der Waals surface area contributed by atoms with Crippen LogP contribution in [0.1, 0.15) is 51.7 Å². The molecule has 0 bridgehead atoms. The highest BCUT2D eigenvalue weighted by molar-refractivity contribution is 7.86. The van der Waals surface area contributed by atoms with E-state index in [0.717, 1.165) is 34.7 Å². The number of carbonyl (C=O) groups excluding carboxylic acids is 3. The largest absolute Gasteiger partial charge is 0.361 e. The number of hydrogen-bond donors (Lipinski definition) is 2. The third kappa shape index (κ3) is 4.34. The number of likely N-dealkylation sites (N-methyl/N-ethyl adjacent to an activating group) is 1. The molecule has 4 aliphatic heterocycles. The summed E-state index contributed by atoms with van der Waals surface area (Å²) in [6.45, 7) is 7.88. The first-order valence-electron chi connectivity index (χ1n) is 15.8. The minimum absolute atomic E-state index is 0.0953. The fraction of sp³-hybridized carbons (Fsp3) is 0.594. The topological polar surface area (TPSA) is 141 Å². The summed E-state index contributed by atoms with van der Waals surface area (Å²) in [5.74, 6) is -5.13. The van der Waals surface area contributed by atoms with Crippen LogP contribution in [0.15, 0.2) is 30.5 Å². The maximum absolute atomic E-state index is 14.7. The molecular weight excluding hydrogens is 598 g/mol. The lowest BCUT2D eigenvalue weighted by atomic mass is 9.79. The lowest BCUT2D eigenvalue weighted by Gasteiger charge is -2.51. The van der Waals surface area contributed by atoms with Gasteiger partial charge in [-0.2, -0.15) is 8.42 Å². The van der Waals surface area contributed by atoms with Crippen LogP contribution in [0.2, 0.25) is 0 Å². The summed E-state index contributed by atoms with van der Waals surface area (Å²) in [6.07, 6.45) is 6.74. The lowest BCUT2D eigenvalue weighted by Crippen LogP contribution is -2.73. The lowest BCUT2D eigenvalue weighted by molar-refractivity contribution is -0.306. The van der Waals surface area contributed by atoms with Crippen LogP contribution in [0.25, 0.3) is 16.5 Å². The summed E-state index contributed by atoms with van der Waals surface area (Å²) in [4.78, 5) is 51.1. The Hall–Kier alpha value is -3.26. The van der Waals surface area contributed by atoms with Crippen LogP contribution in [-0.2, 0) is 39.8 Å². The normalized spacial score (nSPS) is 33.1. The van der Waals surface area contributed by atoms with E-state index < -0.39 is 57.5 Å². The van der Waals surface area contributed by atoms with Gasteiger partial charge in [-0.15, -0.1) is 0 Å². The molecule has 0 saturated carbocycles. The molecule has 2 aromatic rings. The number of carbonyl (C=O) groups is 3. The molecule has 7 rings (SSSR count). The quantitative estimate of drug-likeness (QED) is 0.458. The van der Waals surface area contributed by atoms with Crippen LogP contribution in [-0.4, -0.2) is 102 Å². The number of ether oxygens (including phenoxy) is 1. The Morgan fingerprint density at radius 2 is 1.96 bits per heavy atom. The zero-order chi connectivity index (χ0) is 32.2.